The van der Waals surface area contributed by atoms with E-state index in [2.05, 4.69) is 5.10 Å². The van der Waals surface area contributed by atoms with Crippen molar-refractivity contribution in [3.05, 3.63) is 22.0 Å². The first-order valence-corrected chi connectivity index (χ1v) is 3.30. The zero-order chi connectivity index (χ0) is 11.9. The molecule has 0 atom stereocenters. The van der Waals surface area contributed by atoms with Gasteiger partial charge in [-0.15, -0.1) is 0 Å². The van der Waals surface area contributed by atoms with Crippen molar-refractivity contribution >= 4 is 5.69 Å². The first-order chi connectivity index (χ1) is 6.68. The summed E-state index contributed by atoms with van der Waals surface area (Å²) < 4.78 is 60.7. The number of nitrogens with zero attached hydrogens (tertiary/aromatic N) is 2. The molecule has 0 saturated carbocycles. The Bertz CT molecular complexity index is 384. The van der Waals surface area contributed by atoms with Crippen molar-refractivity contribution in [2.75, 3.05) is 0 Å². The molecule has 0 saturated heterocycles. The zero-order valence-electron chi connectivity index (χ0n) is 6.68. The monoisotopic (exact) mass is 231 g/mol. The molecule has 0 aliphatic carbocycles. The fourth-order valence-corrected chi connectivity index (χ4v) is 0.791. The minimum absolute atomic E-state index is 0.287. The van der Waals surface area contributed by atoms with E-state index >= 15 is 0 Å². The van der Waals surface area contributed by atoms with Crippen LogP contribution >= 0.6 is 0 Å². The summed E-state index contributed by atoms with van der Waals surface area (Å²) in [5.41, 5.74) is -3.28. The van der Waals surface area contributed by atoms with Crippen LogP contribution in [0.25, 0.3) is 0 Å². The van der Waals surface area contributed by atoms with Gasteiger partial charge in [0.05, 0.1) is 4.92 Å². The van der Waals surface area contributed by atoms with Crippen molar-refractivity contribution in [1.82, 2.24) is 10.2 Å². The minimum Gasteiger partial charge on any atom is -0.270 e. The molecular formula is C5H2F5N3O2. The molecule has 0 radical (unpaired) electrons. The topological polar surface area (TPSA) is 71.8 Å². The van der Waals surface area contributed by atoms with Gasteiger partial charge in [0, 0.05) is 0 Å². The van der Waals surface area contributed by atoms with Gasteiger partial charge in [-0.2, -0.15) is 27.1 Å². The second-order valence-corrected chi connectivity index (χ2v) is 2.46. The maximum atomic E-state index is 12.6. The molecule has 1 N–H and O–H groups in total. The summed E-state index contributed by atoms with van der Waals surface area (Å²) in [6, 6.07) is 0. The number of nitro groups is 1. The lowest BCUT2D eigenvalue weighted by Crippen LogP contribution is -2.34. The lowest BCUT2D eigenvalue weighted by atomic mass is 10.2. The van der Waals surface area contributed by atoms with Gasteiger partial charge in [0.1, 0.15) is 6.20 Å². The van der Waals surface area contributed by atoms with Crippen LogP contribution < -0.4 is 0 Å². The summed E-state index contributed by atoms with van der Waals surface area (Å²) in [5.74, 6) is -5.33. The largest absolute Gasteiger partial charge is 0.460 e. The Balaban J connectivity index is 3.27. The van der Waals surface area contributed by atoms with Gasteiger partial charge >= 0.3 is 17.8 Å². The molecule has 5 nitrogen and oxygen atoms in total. The lowest BCUT2D eigenvalue weighted by molar-refractivity contribution is -0.390. The second kappa shape index (κ2) is 3.14. The predicted octanol–water partition coefficient (Wildman–Crippen LogP) is 1.97. The van der Waals surface area contributed by atoms with Crippen LogP contribution in [0.5, 0.6) is 0 Å². The van der Waals surface area contributed by atoms with Gasteiger partial charge in [-0.3, -0.25) is 15.2 Å². The Morgan fingerprint density at radius 2 is 1.87 bits per heavy atom. The molecule has 0 unspecified atom stereocenters. The number of rotatable bonds is 2. The average Bonchev–Trinajstić information content (AvgIpc) is 2.48. The van der Waals surface area contributed by atoms with Crippen LogP contribution in [0.4, 0.5) is 27.6 Å². The standard InChI is InChI=1S/C5H2F5N3O2/c6-4(7,5(8,9)10)3-2(13(14)15)1-11-12-3/h1H,(H,11,12). The van der Waals surface area contributed by atoms with E-state index in [0.717, 1.165) is 0 Å². The third-order valence-corrected chi connectivity index (χ3v) is 1.49. The maximum Gasteiger partial charge on any atom is 0.460 e. The van der Waals surface area contributed by atoms with Gasteiger partial charge in [0.2, 0.25) is 0 Å². The van der Waals surface area contributed by atoms with Crippen molar-refractivity contribution < 1.29 is 26.9 Å². The quantitative estimate of drug-likeness (QED) is 0.480. The molecule has 1 heterocycles. The van der Waals surface area contributed by atoms with E-state index in [4.69, 9.17) is 0 Å². The highest BCUT2D eigenvalue weighted by atomic mass is 19.4. The maximum absolute atomic E-state index is 12.6. The first-order valence-electron chi connectivity index (χ1n) is 3.30. The van der Waals surface area contributed by atoms with E-state index in [1.165, 1.54) is 5.10 Å². The van der Waals surface area contributed by atoms with Crippen LogP contribution in [-0.2, 0) is 5.92 Å². The molecule has 0 fully saturated rings. The normalized spacial score (nSPS) is 12.9. The summed E-state index contributed by atoms with van der Waals surface area (Å²) in [6.45, 7) is 0. The van der Waals surface area contributed by atoms with Crippen LogP contribution in [0.3, 0.4) is 0 Å². The summed E-state index contributed by atoms with van der Waals surface area (Å²) in [7, 11) is 0. The molecular weight excluding hydrogens is 229 g/mol. The van der Waals surface area contributed by atoms with E-state index in [1.54, 1.807) is 0 Å². The molecule has 15 heavy (non-hydrogen) atoms. The molecule has 0 aliphatic heterocycles. The minimum atomic E-state index is -5.91. The number of H-pyrrole nitrogens is 1. The Labute approximate surface area is 78.0 Å². The molecule has 0 aromatic carbocycles. The van der Waals surface area contributed by atoms with Crippen LogP contribution in [0.15, 0.2) is 6.20 Å². The number of aromatic amines is 1. The highest BCUT2D eigenvalue weighted by Crippen LogP contribution is 2.45. The number of hydrogen-bond donors (Lipinski definition) is 1. The van der Waals surface area contributed by atoms with E-state index in [-0.39, 0.29) is 6.20 Å². The summed E-state index contributed by atoms with van der Waals surface area (Å²) in [4.78, 5) is 8.72. The SMILES string of the molecule is O=[N+]([O-])c1cn[nH]c1C(F)(F)C(F)(F)F. The number of nitrogens with one attached hydrogen (secondary N) is 1. The van der Waals surface area contributed by atoms with E-state index < -0.39 is 28.4 Å². The van der Waals surface area contributed by atoms with Crippen molar-refractivity contribution in [3.8, 4) is 0 Å². The van der Waals surface area contributed by atoms with Gasteiger partial charge < -0.3 is 0 Å². The van der Waals surface area contributed by atoms with Gasteiger partial charge in [-0.1, -0.05) is 0 Å². The Kier molecular flexibility index (Phi) is 2.37. The fourth-order valence-electron chi connectivity index (χ4n) is 0.791. The first kappa shape index (κ1) is 11.3. The van der Waals surface area contributed by atoms with E-state index in [9.17, 15) is 32.1 Å². The molecule has 0 bridgehead atoms. The fraction of sp³-hybridized carbons (Fsp3) is 0.400. The molecule has 0 spiro atoms. The summed E-state index contributed by atoms with van der Waals surface area (Å²) in [5, 5.41) is 14.2. The Hall–Kier alpha value is -1.74. The highest BCUT2D eigenvalue weighted by Gasteiger charge is 2.62. The molecule has 1 aromatic heterocycles. The van der Waals surface area contributed by atoms with Crippen LogP contribution in [0.2, 0.25) is 0 Å². The number of halogens is 5. The number of alkyl halides is 5. The molecule has 1 rings (SSSR count). The van der Waals surface area contributed by atoms with Crippen LogP contribution in [-0.4, -0.2) is 21.3 Å². The van der Waals surface area contributed by atoms with Crippen molar-refractivity contribution in [3.63, 3.8) is 0 Å². The molecule has 0 aliphatic rings. The van der Waals surface area contributed by atoms with Crippen molar-refractivity contribution in [2.45, 2.75) is 12.1 Å². The zero-order valence-corrected chi connectivity index (χ0v) is 6.68. The third-order valence-electron chi connectivity index (χ3n) is 1.49. The smallest absolute Gasteiger partial charge is 0.270 e. The van der Waals surface area contributed by atoms with Gasteiger partial charge in [0.25, 0.3) is 0 Å². The number of hydrogen-bond acceptors (Lipinski definition) is 3. The molecule has 84 valence electrons. The van der Waals surface area contributed by atoms with Crippen LogP contribution in [0.1, 0.15) is 5.69 Å². The lowest BCUT2D eigenvalue weighted by Gasteiger charge is -2.16. The second-order valence-electron chi connectivity index (χ2n) is 2.46. The highest BCUT2D eigenvalue weighted by molar-refractivity contribution is 5.36. The van der Waals surface area contributed by atoms with Gasteiger partial charge in [0.15, 0.2) is 5.69 Å². The Morgan fingerprint density at radius 3 is 2.27 bits per heavy atom. The van der Waals surface area contributed by atoms with E-state index in [0.29, 0.717) is 0 Å². The Morgan fingerprint density at radius 1 is 1.33 bits per heavy atom. The summed E-state index contributed by atoms with van der Waals surface area (Å²) in [6.07, 6.45) is -5.63. The molecule has 0 amide bonds. The molecule has 1 aromatic rings. The average molecular weight is 231 g/mol. The van der Waals surface area contributed by atoms with Crippen molar-refractivity contribution in [1.29, 1.82) is 0 Å². The third kappa shape index (κ3) is 1.74. The van der Waals surface area contributed by atoms with Gasteiger partial charge in [-0.05, 0) is 0 Å². The molecule has 10 heteroatoms. The number of aromatic nitrogens is 2. The van der Waals surface area contributed by atoms with E-state index in [1.807, 2.05) is 0 Å². The van der Waals surface area contributed by atoms with Crippen molar-refractivity contribution in [2.24, 2.45) is 0 Å². The van der Waals surface area contributed by atoms with Crippen LogP contribution in [0, 0.1) is 10.1 Å². The van der Waals surface area contributed by atoms with Gasteiger partial charge in [-0.25, -0.2) is 0 Å². The predicted molar refractivity (Wildman–Crippen MR) is 35.2 cm³/mol. The summed E-state index contributed by atoms with van der Waals surface area (Å²) >= 11 is 0.